The molecule has 0 heterocycles. The highest BCUT2D eigenvalue weighted by Crippen LogP contribution is 2.22. The molecule has 0 aliphatic rings. The number of phenolic OH excluding ortho intramolecular Hbond substituents is 1. The summed E-state index contributed by atoms with van der Waals surface area (Å²) >= 11 is 3.15. The van der Waals surface area contributed by atoms with Gasteiger partial charge in [0.15, 0.2) is 0 Å². The zero-order chi connectivity index (χ0) is 18.8. The molecule has 3 aromatic carbocycles. The number of rotatable bonds is 3. The molecule has 3 rings (SSSR count). The Balaban J connectivity index is 0.000000254. The van der Waals surface area contributed by atoms with Crippen LogP contribution in [0, 0.1) is 5.53 Å². The van der Waals surface area contributed by atoms with Gasteiger partial charge >= 0.3 is 6.03 Å². The van der Waals surface area contributed by atoms with Gasteiger partial charge in [0.05, 0.1) is 15.8 Å². The standard InChI is InChI=1S/C13H12N4O.C6H5BrO/c14-15-13(18)16-17(11-7-3-1-4-8-11)12-9-5-2-6-10-12;7-5-3-1-2-4-6(5)8/h1-10,14H,(H,16,18);1-4,8H. The van der Waals surface area contributed by atoms with Crippen molar-refractivity contribution in [3.63, 3.8) is 0 Å². The first-order valence-corrected chi connectivity index (χ1v) is 8.43. The molecule has 26 heavy (non-hydrogen) atoms. The number of benzene rings is 3. The van der Waals surface area contributed by atoms with Crippen LogP contribution in [0.1, 0.15) is 0 Å². The molecule has 7 heteroatoms. The first-order valence-electron chi connectivity index (χ1n) is 7.63. The molecule has 3 N–H and O–H groups in total. The number of aromatic hydroxyl groups is 1. The average Bonchev–Trinajstić information content (AvgIpc) is 2.70. The Kier molecular flexibility index (Phi) is 7.32. The number of hydrogen-bond acceptors (Lipinski definition) is 4. The quantitative estimate of drug-likeness (QED) is 0.384. The normalized spacial score (nSPS) is 9.42. The molecule has 0 radical (unpaired) electrons. The van der Waals surface area contributed by atoms with Gasteiger partial charge in [-0.15, -0.1) is 0 Å². The monoisotopic (exact) mass is 412 g/mol. The van der Waals surface area contributed by atoms with E-state index in [1.807, 2.05) is 66.7 Å². The summed E-state index contributed by atoms with van der Waals surface area (Å²) in [6.07, 6.45) is 0. The Bertz CT molecular complexity index is 784. The molecule has 0 aromatic heterocycles. The Labute approximate surface area is 159 Å². The van der Waals surface area contributed by atoms with E-state index in [4.69, 9.17) is 10.6 Å². The number of carbonyl (C=O) groups is 1. The minimum atomic E-state index is -0.720. The van der Waals surface area contributed by atoms with Crippen molar-refractivity contribution >= 4 is 33.3 Å². The number of anilines is 2. The van der Waals surface area contributed by atoms with Crippen LogP contribution in [0.25, 0.3) is 0 Å². The van der Waals surface area contributed by atoms with Gasteiger partial charge in [0.1, 0.15) is 5.75 Å². The third-order valence-electron chi connectivity index (χ3n) is 3.19. The number of amides is 2. The van der Waals surface area contributed by atoms with Crippen molar-refractivity contribution in [1.29, 1.82) is 5.53 Å². The van der Waals surface area contributed by atoms with Crippen LogP contribution in [0.2, 0.25) is 0 Å². The van der Waals surface area contributed by atoms with Crippen LogP contribution in [-0.4, -0.2) is 11.1 Å². The highest BCUT2D eigenvalue weighted by Gasteiger charge is 2.11. The first-order chi connectivity index (χ1) is 12.6. The van der Waals surface area contributed by atoms with Gasteiger partial charge in [-0.2, -0.15) is 5.53 Å². The van der Waals surface area contributed by atoms with Crippen molar-refractivity contribution in [3.8, 4) is 5.75 Å². The number of nitrogens with one attached hydrogen (secondary N) is 2. The molecule has 2 amide bonds. The van der Waals surface area contributed by atoms with E-state index in [1.165, 1.54) is 0 Å². The van der Waals surface area contributed by atoms with Gasteiger partial charge in [-0.1, -0.05) is 53.6 Å². The SMILES string of the molecule is N=NC(=O)NN(c1ccccc1)c1ccccc1.Oc1ccccc1Br. The van der Waals surface area contributed by atoms with Gasteiger partial charge in [0.25, 0.3) is 0 Å². The summed E-state index contributed by atoms with van der Waals surface area (Å²) in [7, 11) is 0. The summed E-state index contributed by atoms with van der Waals surface area (Å²) < 4.78 is 0.736. The lowest BCUT2D eigenvalue weighted by Crippen LogP contribution is -2.36. The smallest absolute Gasteiger partial charge is 0.378 e. The number of carbonyl (C=O) groups excluding carboxylic acids is 1. The lowest BCUT2D eigenvalue weighted by Gasteiger charge is -2.23. The van der Waals surface area contributed by atoms with E-state index >= 15 is 0 Å². The molecule has 0 aliphatic carbocycles. The molecule has 0 saturated heterocycles. The minimum Gasteiger partial charge on any atom is -0.507 e. The van der Waals surface area contributed by atoms with Crippen molar-refractivity contribution < 1.29 is 9.90 Å². The number of para-hydroxylation sites is 3. The molecule has 0 saturated carbocycles. The number of halogens is 1. The summed E-state index contributed by atoms with van der Waals surface area (Å²) in [6.45, 7) is 0. The molecule has 0 atom stereocenters. The molecule has 0 spiro atoms. The molecule has 0 aliphatic heterocycles. The summed E-state index contributed by atoms with van der Waals surface area (Å²) in [5.41, 5.74) is 10.8. The second-order valence-electron chi connectivity index (χ2n) is 4.99. The van der Waals surface area contributed by atoms with Gasteiger partial charge in [-0.3, -0.25) is 5.01 Å². The van der Waals surface area contributed by atoms with E-state index in [0.717, 1.165) is 15.8 Å². The first kappa shape index (κ1) is 19.1. The summed E-state index contributed by atoms with van der Waals surface area (Å²) in [4.78, 5) is 11.3. The molecule has 0 bridgehead atoms. The van der Waals surface area contributed by atoms with Crippen LogP contribution < -0.4 is 10.4 Å². The van der Waals surface area contributed by atoms with Crippen LogP contribution in [0.15, 0.2) is 94.5 Å². The maximum absolute atomic E-state index is 11.3. The fraction of sp³-hybridized carbons (Fsp3) is 0. The summed E-state index contributed by atoms with van der Waals surface area (Å²) in [5, 5.41) is 13.3. The Morgan fingerprint density at radius 2 is 1.35 bits per heavy atom. The largest absolute Gasteiger partial charge is 0.507 e. The van der Waals surface area contributed by atoms with Crippen molar-refractivity contribution in [2.45, 2.75) is 0 Å². The fourth-order valence-corrected chi connectivity index (χ4v) is 2.29. The number of urea groups is 1. The fourth-order valence-electron chi connectivity index (χ4n) is 2.00. The minimum absolute atomic E-state index is 0.285. The number of hydrazine groups is 1. The average molecular weight is 413 g/mol. The number of nitrogens with zero attached hydrogens (tertiary/aromatic N) is 2. The Morgan fingerprint density at radius 3 is 1.73 bits per heavy atom. The van der Waals surface area contributed by atoms with Gasteiger partial charge in [-0.05, 0) is 52.3 Å². The highest BCUT2D eigenvalue weighted by atomic mass is 79.9. The molecule has 3 aromatic rings. The predicted octanol–water partition coefficient (Wildman–Crippen LogP) is 5.63. The maximum Gasteiger partial charge on any atom is 0.378 e. The van der Waals surface area contributed by atoms with E-state index in [0.29, 0.717) is 0 Å². The zero-order valence-electron chi connectivity index (χ0n) is 13.7. The van der Waals surface area contributed by atoms with Gasteiger partial charge in [0.2, 0.25) is 0 Å². The molecular weight excluding hydrogens is 396 g/mol. The third-order valence-corrected chi connectivity index (χ3v) is 3.86. The summed E-state index contributed by atoms with van der Waals surface area (Å²) in [6, 6.07) is 25.0. The topological polar surface area (TPSA) is 88.8 Å². The van der Waals surface area contributed by atoms with Gasteiger partial charge in [-0.25, -0.2) is 10.2 Å². The molecule has 0 unspecified atom stereocenters. The molecule has 6 nitrogen and oxygen atoms in total. The highest BCUT2D eigenvalue weighted by molar-refractivity contribution is 9.10. The van der Waals surface area contributed by atoms with Crippen molar-refractivity contribution in [2.24, 2.45) is 5.11 Å². The van der Waals surface area contributed by atoms with Crippen LogP contribution in [0.3, 0.4) is 0 Å². The van der Waals surface area contributed by atoms with Crippen LogP contribution in [0.5, 0.6) is 5.75 Å². The molecular formula is C19H17BrN4O2. The van der Waals surface area contributed by atoms with Crippen LogP contribution in [0.4, 0.5) is 16.2 Å². The number of hydrogen-bond donors (Lipinski definition) is 3. The third kappa shape index (κ3) is 5.71. The van der Waals surface area contributed by atoms with Gasteiger partial charge in [0, 0.05) is 0 Å². The molecule has 132 valence electrons. The maximum atomic E-state index is 11.3. The van der Waals surface area contributed by atoms with Crippen molar-refractivity contribution in [2.75, 3.05) is 5.01 Å². The predicted molar refractivity (Wildman–Crippen MR) is 105 cm³/mol. The van der Waals surface area contributed by atoms with E-state index in [2.05, 4.69) is 26.5 Å². The van der Waals surface area contributed by atoms with E-state index < -0.39 is 6.03 Å². The van der Waals surface area contributed by atoms with E-state index in [-0.39, 0.29) is 5.75 Å². The second kappa shape index (κ2) is 9.95. The van der Waals surface area contributed by atoms with Crippen molar-refractivity contribution in [1.82, 2.24) is 5.43 Å². The van der Waals surface area contributed by atoms with Gasteiger partial charge < -0.3 is 5.11 Å². The second-order valence-corrected chi connectivity index (χ2v) is 5.84. The van der Waals surface area contributed by atoms with Crippen LogP contribution >= 0.6 is 15.9 Å². The lowest BCUT2D eigenvalue weighted by molar-refractivity contribution is 0.247. The van der Waals surface area contributed by atoms with E-state index in [9.17, 15) is 4.79 Å². The Hall–Kier alpha value is -3.19. The van der Waals surface area contributed by atoms with E-state index in [1.54, 1.807) is 23.2 Å². The van der Waals surface area contributed by atoms with Crippen LogP contribution in [-0.2, 0) is 0 Å². The summed E-state index contributed by atoms with van der Waals surface area (Å²) in [5.74, 6) is 0.285. The Morgan fingerprint density at radius 1 is 0.885 bits per heavy atom. The van der Waals surface area contributed by atoms with Crippen molar-refractivity contribution in [3.05, 3.63) is 89.4 Å². The molecule has 0 fully saturated rings. The number of phenols is 1. The zero-order valence-corrected chi connectivity index (χ0v) is 15.3. The lowest BCUT2D eigenvalue weighted by atomic mass is 10.2.